The lowest BCUT2D eigenvalue weighted by atomic mass is 10.2. The van der Waals surface area contributed by atoms with Crippen molar-refractivity contribution in [3.8, 4) is 0 Å². The molecular weight excluding hydrogens is 256 g/mol. The first-order valence-corrected chi connectivity index (χ1v) is 7.88. The lowest BCUT2D eigenvalue weighted by Crippen LogP contribution is -2.45. The zero-order valence-corrected chi connectivity index (χ0v) is 11.7. The van der Waals surface area contributed by atoms with E-state index in [4.69, 9.17) is 4.74 Å². The van der Waals surface area contributed by atoms with Crippen LogP contribution in [0.15, 0.2) is 0 Å². The monoisotopic (exact) mass is 278 g/mol. The molecule has 1 fully saturated rings. The maximum Gasteiger partial charge on any atom is 0.303 e. The fourth-order valence-electron chi connectivity index (χ4n) is 1.84. The first-order chi connectivity index (χ1) is 8.56. The van der Waals surface area contributed by atoms with E-state index >= 15 is 0 Å². The van der Waals surface area contributed by atoms with Crippen LogP contribution in [0.5, 0.6) is 0 Å². The Morgan fingerprint density at radius 1 is 1.28 bits per heavy atom. The molecular formula is C11H22N2O4S. The second-order valence-corrected chi connectivity index (χ2v) is 5.96. The van der Waals surface area contributed by atoms with Crippen LogP contribution in [0.2, 0.25) is 0 Å². The maximum absolute atomic E-state index is 11.8. The smallest absolute Gasteiger partial charge is 0.303 e. The number of nitrogens with zero attached hydrogens (tertiary/aromatic N) is 1. The maximum atomic E-state index is 11.8. The van der Waals surface area contributed by atoms with E-state index in [1.807, 2.05) is 6.92 Å². The van der Waals surface area contributed by atoms with Crippen LogP contribution in [0, 0.1) is 0 Å². The molecule has 0 aromatic heterocycles. The number of ether oxygens (including phenoxy) is 1. The summed E-state index contributed by atoms with van der Waals surface area (Å²) in [4.78, 5) is 11.5. The van der Waals surface area contributed by atoms with Gasteiger partial charge < -0.3 is 4.74 Å². The summed E-state index contributed by atoms with van der Waals surface area (Å²) in [6.07, 6.45) is 3.48. The Hall–Kier alpha value is -0.660. The van der Waals surface area contributed by atoms with Crippen molar-refractivity contribution < 1.29 is 17.9 Å². The Kier molecular flexibility index (Phi) is 6.59. The van der Waals surface area contributed by atoms with Crippen molar-refractivity contribution in [3.63, 3.8) is 0 Å². The fourth-order valence-corrected chi connectivity index (χ4v) is 3.10. The molecule has 0 bridgehead atoms. The summed E-state index contributed by atoms with van der Waals surface area (Å²) in [6, 6.07) is 0. The second-order valence-electron chi connectivity index (χ2n) is 4.29. The molecule has 1 heterocycles. The molecule has 106 valence electrons. The minimum atomic E-state index is -3.63. The van der Waals surface area contributed by atoms with Gasteiger partial charge in [-0.15, -0.1) is 0 Å². The third-order valence-corrected chi connectivity index (χ3v) is 4.33. The minimum Gasteiger partial charge on any atom is -0.382 e. The molecule has 18 heavy (non-hydrogen) atoms. The van der Waals surface area contributed by atoms with Gasteiger partial charge in [0.05, 0.1) is 0 Å². The average Bonchev–Trinajstić information content (AvgIpc) is 2.35. The van der Waals surface area contributed by atoms with Gasteiger partial charge in [-0.25, -0.2) is 4.72 Å². The number of rotatable bonds is 7. The van der Waals surface area contributed by atoms with E-state index in [1.165, 1.54) is 4.31 Å². The molecule has 1 aliphatic heterocycles. The molecule has 1 saturated heterocycles. The molecule has 0 aromatic rings. The molecule has 1 amide bonds. The molecule has 0 atom stereocenters. The van der Waals surface area contributed by atoms with E-state index in [-0.39, 0.29) is 6.42 Å². The summed E-state index contributed by atoms with van der Waals surface area (Å²) in [5, 5.41) is 0. The highest BCUT2D eigenvalue weighted by Crippen LogP contribution is 2.11. The van der Waals surface area contributed by atoms with Crippen molar-refractivity contribution in [1.29, 1.82) is 0 Å². The van der Waals surface area contributed by atoms with E-state index in [1.54, 1.807) is 0 Å². The van der Waals surface area contributed by atoms with E-state index < -0.39 is 16.1 Å². The summed E-state index contributed by atoms with van der Waals surface area (Å²) in [6.45, 7) is 3.96. The normalized spacial score (nSPS) is 17.6. The molecule has 0 radical (unpaired) electrons. The van der Waals surface area contributed by atoms with Gasteiger partial charge in [0.15, 0.2) is 0 Å². The highest BCUT2D eigenvalue weighted by molar-refractivity contribution is 7.87. The van der Waals surface area contributed by atoms with Gasteiger partial charge in [-0.1, -0.05) is 6.42 Å². The Bertz CT molecular complexity index is 350. The van der Waals surface area contributed by atoms with Gasteiger partial charge in [0.2, 0.25) is 5.91 Å². The minimum absolute atomic E-state index is 0.174. The summed E-state index contributed by atoms with van der Waals surface area (Å²) >= 11 is 0. The Labute approximate surface area is 109 Å². The molecule has 1 rings (SSSR count). The van der Waals surface area contributed by atoms with Crippen LogP contribution in [0.1, 0.15) is 39.0 Å². The number of amides is 1. The largest absolute Gasteiger partial charge is 0.382 e. The third-order valence-electron chi connectivity index (χ3n) is 2.79. The van der Waals surface area contributed by atoms with Gasteiger partial charge in [-0.05, 0) is 26.2 Å². The Morgan fingerprint density at radius 3 is 2.56 bits per heavy atom. The van der Waals surface area contributed by atoms with Crippen LogP contribution < -0.4 is 4.72 Å². The lowest BCUT2D eigenvalue weighted by Gasteiger charge is -2.25. The summed E-state index contributed by atoms with van der Waals surface area (Å²) in [5.74, 6) is -0.458. The SMILES string of the molecule is CCOCCCC(=O)NS(=O)(=O)N1CCCCC1. The third kappa shape index (κ3) is 5.32. The van der Waals surface area contributed by atoms with Crippen LogP contribution in [0.3, 0.4) is 0 Å². The van der Waals surface area contributed by atoms with Crippen LogP contribution in [-0.4, -0.2) is 44.9 Å². The van der Waals surface area contributed by atoms with Crippen LogP contribution in [0.4, 0.5) is 0 Å². The molecule has 0 unspecified atom stereocenters. The standard InChI is InChI=1S/C11H22N2O4S/c1-2-17-10-6-7-11(14)12-18(15,16)13-8-4-3-5-9-13/h2-10H2,1H3,(H,12,14). The van der Waals surface area contributed by atoms with E-state index in [0.717, 1.165) is 19.3 Å². The van der Waals surface area contributed by atoms with E-state index in [2.05, 4.69) is 4.72 Å². The van der Waals surface area contributed by atoms with Gasteiger partial charge >= 0.3 is 10.2 Å². The van der Waals surface area contributed by atoms with Crippen molar-refractivity contribution in [2.75, 3.05) is 26.3 Å². The van der Waals surface area contributed by atoms with E-state index in [0.29, 0.717) is 32.7 Å². The van der Waals surface area contributed by atoms with Crippen molar-refractivity contribution >= 4 is 16.1 Å². The number of nitrogens with one attached hydrogen (secondary N) is 1. The quantitative estimate of drug-likeness (QED) is 0.694. The van der Waals surface area contributed by atoms with Gasteiger partial charge in [0.25, 0.3) is 0 Å². The number of carbonyl (C=O) groups is 1. The molecule has 7 heteroatoms. The van der Waals surface area contributed by atoms with Gasteiger partial charge in [-0.2, -0.15) is 12.7 Å². The first kappa shape index (κ1) is 15.4. The first-order valence-electron chi connectivity index (χ1n) is 6.44. The number of hydrogen-bond donors (Lipinski definition) is 1. The molecule has 0 aromatic carbocycles. The van der Waals surface area contributed by atoms with Gasteiger partial charge in [-0.3, -0.25) is 4.79 Å². The van der Waals surface area contributed by atoms with E-state index in [9.17, 15) is 13.2 Å². The van der Waals surface area contributed by atoms with Gasteiger partial charge in [0, 0.05) is 32.7 Å². The summed E-state index contributed by atoms with van der Waals surface area (Å²) in [5.41, 5.74) is 0. The number of hydrogen-bond acceptors (Lipinski definition) is 4. The van der Waals surface area contributed by atoms with Crippen molar-refractivity contribution in [2.24, 2.45) is 0 Å². The summed E-state index contributed by atoms with van der Waals surface area (Å²) in [7, 11) is -3.63. The highest BCUT2D eigenvalue weighted by atomic mass is 32.2. The molecule has 1 aliphatic rings. The fraction of sp³-hybridized carbons (Fsp3) is 0.909. The molecule has 0 spiro atoms. The average molecular weight is 278 g/mol. The molecule has 1 N–H and O–H groups in total. The Balaban J connectivity index is 2.32. The van der Waals surface area contributed by atoms with Crippen LogP contribution in [0.25, 0.3) is 0 Å². The lowest BCUT2D eigenvalue weighted by molar-refractivity contribution is -0.119. The molecule has 6 nitrogen and oxygen atoms in total. The summed E-state index contributed by atoms with van der Waals surface area (Å²) < 4.78 is 32.2. The zero-order chi connectivity index (χ0) is 13.4. The predicted octanol–water partition coefficient (Wildman–Crippen LogP) is 0.650. The predicted molar refractivity (Wildman–Crippen MR) is 68.2 cm³/mol. The van der Waals surface area contributed by atoms with Crippen molar-refractivity contribution in [2.45, 2.75) is 39.0 Å². The molecule has 0 saturated carbocycles. The second kappa shape index (κ2) is 7.70. The van der Waals surface area contributed by atoms with Gasteiger partial charge in [0.1, 0.15) is 0 Å². The van der Waals surface area contributed by atoms with Crippen molar-refractivity contribution in [3.05, 3.63) is 0 Å². The van der Waals surface area contributed by atoms with Crippen molar-refractivity contribution in [1.82, 2.24) is 9.03 Å². The zero-order valence-electron chi connectivity index (χ0n) is 10.9. The molecule has 0 aliphatic carbocycles. The topological polar surface area (TPSA) is 75.7 Å². The Morgan fingerprint density at radius 2 is 1.94 bits per heavy atom. The van der Waals surface area contributed by atoms with Crippen LogP contribution in [-0.2, 0) is 19.7 Å². The van der Waals surface area contributed by atoms with Crippen LogP contribution >= 0.6 is 0 Å². The number of carbonyl (C=O) groups excluding carboxylic acids is 1. The number of piperidine rings is 1. The highest BCUT2D eigenvalue weighted by Gasteiger charge is 2.25.